The van der Waals surface area contributed by atoms with Crippen molar-refractivity contribution in [3.8, 4) is 0 Å². The third-order valence-electron chi connectivity index (χ3n) is 5.35. The highest BCUT2D eigenvalue weighted by Gasteiger charge is 2.24. The zero-order valence-corrected chi connectivity index (χ0v) is 18.7. The van der Waals surface area contributed by atoms with Crippen molar-refractivity contribution in [3.63, 3.8) is 0 Å². The monoisotopic (exact) mass is 401 g/mol. The van der Waals surface area contributed by atoms with Crippen LogP contribution in [0, 0.1) is 0 Å². The molecule has 1 amide bonds. The highest BCUT2D eigenvalue weighted by Crippen LogP contribution is 2.31. The van der Waals surface area contributed by atoms with E-state index in [0.717, 1.165) is 56.2 Å². The summed E-state index contributed by atoms with van der Waals surface area (Å²) in [6, 6.07) is 6.33. The number of aryl methyl sites for hydroxylation is 1. The molecule has 0 aliphatic rings. The van der Waals surface area contributed by atoms with Crippen LogP contribution in [-0.2, 0) is 16.0 Å². The van der Waals surface area contributed by atoms with Gasteiger partial charge in [0.15, 0.2) is 0 Å². The third-order valence-corrected chi connectivity index (χ3v) is 5.35. The Morgan fingerprint density at radius 3 is 2.38 bits per heavy atom. The summed E-state index contributed by atoms with van der Waals surface area (Å²) in [6.45, 7) is 3.79. The van der Waals surface area contributed by atoms with E-state index in [1.807, 2.05) is 27.2 Å². The van der Waals surface area contributed by atoms with E-state index in [9.17, 15) is 9.59 Å². The first kappa shape index (κ1) is 24.7. The van der Waals surface area contributed by atoms with E-state index >= 15 is 0 Å². The summed E-state index contributed by atoms with van der Waals surface area (Å²) in [7, 11) is 7.76. The molecular formula is C24H39N3O2. The van der Waals surface area contributed by atoms with Gasteiger partial charge in [0.25, 0.3) is 0 Å². The average Bonchev–Trinajstić information content (AvgIpc) is 2.72. The lowest BCUT2D eigenvalue weighted by molar-refractivity contribution is -0.122. The van der Waals surface area contributed by atoms with Gasteiger partial charge < -0.3 is 19.9 Å². The fourth-order valence-corrected chi connectivity index (χ4v) is 3.58. The summed E-state index contributed by atoms with van der Waals surface area (Å²) in [6.07, 6.45) is 11.8. The number of hydrogen-bond donors (Lipinski definition) is 1. The molecule has 0 fully saturated rings. The summed E-state index contributed by atoms with van der Waals surface area (Å²) in [5.41, 5.74) is 3.51. The SMILES string of the molecule is C=CCCC(C(=O)NC)N(C)c1ccc(CCCCCCCC=O)cc1N(C)C. The number of rotatable bonds is 15. The van der Waals surface area contributed by atoms with Crippen LogP contribution in [0.3, 0.4) is 0 Å². The van der Waals surface area contributed by atoms with Crippen LogP contribution in [0.25, 0.3) is 0 Å². The molecule has 0 aliphatic carbocycles. The normalized spacial score (nSPS) is 11.6. The standard InChI is InChI=1S/C24H39N3O2/c1-6-7-15-22(24(29)25-2)27(5)21-17-16-20(19-23(21)26(3)4)14-12-10-8-9-11-13-18-28/h6,16-19,22H,1,7-15H2,2-5H3,(H,25,29). The smallest absolute Gasteiger partial charge is 0.242 e. The van der Waals surface area contributed by atoms with E-state index < -0.39 is 0 Å². The Balaban J connectivity index is 2.83. The van der Waals surface area contributed by atoms with Gasteiger partial charge in [-0.05, 0) is 49.8 Å². The molecule has 0 spiro atoms. The van der Waals surface area contributed by atoms with E-state index in [1.165, 1.54) is 18.4 Å². The zero-order chi connectivity index (χ0) is 21.6. The molecule has 1 aromatic rings. The molecule has 0 saturated carbocycles. The highest BCUT2D eigenvalue weighted by atomic mass is 16.2. The fourth-order valence-electron chi connectivity index (χ4n) is 3.58. The molecule has 1 N–H and O–H groups in total. The fraction of sp³-hybridized carbons (Fsp3) is 0.583. The number of likely N-dealkylation sites (N-methyl/N-ethyl adjacent to an activating group) is 2. The van der Waals surface area contributed by atoms with Crippen LogP contribution in [0.1, 0.15) is 56.9 Å². The van der Waals surface area contributed by atoms with Gasteiger partial charge in [0.2, 0.25) is 5.91 Å². The van der Waals surface area contributed by atoms with Crippen molar-refractivity contribution in [2.24, 2.45) is 0 Å². The lowest BCUT2D eigenvalue weighted by Gasteiger charge is -2.32. The predicted octanol–water partition coefficient (Wildman–Crippen LogP) is 4.35. The molecule has 0 bridgehead atoms. The van der Waals surface area contributed by atoms with Gasteiger partial charge in [0.05, 0.1) is 11.4 Å². The maximum Gasteiger partial charge on any atom is 0.242 e. The minimum absolute atomic E-state index is 0.0257. The third kappa shape index (κ3) is 8.30. The predicted molar refractivity (Wildman–Crippen MR) is 124 cm³/mol. The maximum absolute atomic E-state index is 12.4. The van der Waals surface area contributed by atoms with Crippen LogP contribution in [0.4, 0.5) is 11.4 Å². The topological polar surface area (TPSA) is 52.7 Å². The van der Waals surface area contributed by atoms with Crippen molar-refractivity contribution >= 4 is 23.6 Å². The van der Waals surface area contributed by atoms with Crippen molar-refractivity contribution in [1.29, 1.82) is 0 Å². The van der Waals surface area contributed by atoms with Crippen LogP contribution in [-0.4, -0.2) is 46.4 Å². The minimum Gasteiger partial charge on any atom is -0.376 e. The number of amides is 1. The number of allylic oxidation sites excluding steroid dienone is 1. The van der Waals surface area contributed by atoms with Gasteiger partial charge >= 0.3 is 0 Å². The van der Waals surface area contributed by atoms with Gasteiger partial charge in [-0.1, -0.05) is 31.4 Å². The number of aldehydes is 1. The minimum atomic E-state index is -0.228. The number of hydrogen-bond acceptors (Lipinski definition) is 4. The highest BCUT2D eigenvalue weighted by molar-refractivity contribution is 5.86. The maximum atomic E-state index is 12.4. The van der Waals surface area contributed by atoms with Gasteiger partial charge in [-0.15, -0.1) is 6.58 Å². The van der Waals surface area contributed by atoms with E-state index in [-0.39, 0.29) is 11.9 Å². The first-order chi connectivity index (χ1) is 14.0. The Labute approximate surface area is 177 Å². The molecule has 1 rings (SSSR count). The quantitative estimate of drug-likeness (QED) is 0.270. The number of anilines is 2. The van der Waals surface area contributed by atoms with E-state index in [1.54, 1.807) is 7.05 Å². The molecule has 1 unspecified atom stereocenters. The summed E-state index contributed by atoms with van der Waals surface area (Å²) in [5.74, 6) is 0.0257. The summed E-state index contributed by atoms with van der Waals surface area (Å²) in [4.78, 5) is 27.0. The van der Waals surface area contributed by atoms with Crippen molar-refractivity contribution in [2.75, 3.05) is 38.0 Å². The largest absolute Gasteiger partial charge is 0.376 e. The second-order valence-corrected chi connectivity index (χ2v) is 7.80. The molecule has 0 heterocycles. The molecule has 29 heavy (non-hydrogen) atoms. The van der Waals surface area contributed by atoms with Crippen LogP contribution < -0.4 is 15.1 Å². The first-order valence-corrected chi connectivity index (χ1v) is 10.8. The number of carbonyl (C=O) groups is 2. The average molecular weight is 402 g/mol. The second-order valence-electron chi connectivity index (χ2n) is 7.80. The van der Waals surface area contributed by atoms with E-state index in [4.69, 9.17) is 0 Å². The molecule has 0 radical (unpaired) electrons. The van der Waals surface area contributed by atoms with E-state index in [2.05, 4.69) is 39.9 Å². The Kier molecular flexibility index (Phi) is 11.8. The zero-order valence-electron chi connectivity index (χ0n) is 18.7. The lowest BCUT2D eigenvalue weighted by Crippen LogP contribution is -2.44. The molecule has 1 aromatic carbocycles. The van der Waals surface area contributed by atoms with Crippen molar-refractivity contribution in [2.45, 2.75) is 63.8 Å². The number of benzene rings is 1. The Morgan fingerprint density at radius 2 is 1.76 bits per heavy atom. The van der Waals surface area contributed by atoms with Crippen molar-refractivity contribution in [3.05, 3.63) is 36.4 Å². The molecule has 0 aliphatic heterocycles. The molecule has 1 atom stereocenters. The summed E-state index contributed by atoms with van der Waals surface area (Å²) >= 11 is 0. The van der Waals surface area contributed by atoms with Gasteiger partial charge in [0.1, 0.15) is 12.3 Å². The molecule has 162 valence electrons. The number of unbranched alkanes of at least 4 members (excludes halogenated alkanes) is 5. The van der Waals surface area contributed by atoms with Crippen LogP contribution in [0.5, 0.6) is 0 Å². The number of nitrogens with one attached hydrogen (secondary N) is 1. The molecule has 0 aromatic heterocycles. The lowest BCUT2D eigenvalue weighted by atomic mass is 10.0. The van der Waals surface area contributed by atoms with E-state index in [0.29, 0.717) is 6.42 Å². The Hall–Kier alpha value is -2.30. The Bertz CT molecular complexity index is 643. The molecular weight excluding hydrogens is 362 g/mol. The van der Waals surface area contributed by atoms with Crippen LogP contribution >= 0.6 is 0 Å². The second kappa shape index (κ2) is 13.8. The summed E-state index contributed by atoms with van der Waals surface area (Å²) in [5, 5.41) is 2.79. The Morgan fingerprint density at radius 1 is 1.07 bits per heavy atom. The van der Waals surface area contributed by atoms with Gasteiger partial charge in [0, 0.05) is 34.6 Å². The first-order valence-electron chi connectivity index (χ1n) is 10.8. The number of nitrogens with zero attached hydrogens (tertiary/aromatic N) is 2. The van der Waals surface area contributed by atoms with Crippen molar-refractivity contribution < 1.29 is 9.59 Å². The van der Waals surface area contributed by atoms with Crippen molar-refractivity contribution in [1.82, 2.24) is 5.32 Å². The van der Waals surface area contributed by atoms with Gasteiger partial charge in [-0.3, -0.25) is 4.79 Å². The van der Waals surface area contributed by atoms with Gasteiger partial charge in [-0.2, -0.15) is 0 Å². The molecule has 0 saturated heterocycles. The molecule has 5 nitrogen and oxygen atoms in total. The number of carbonyl (C=O) groups excluding carboxylic acids is 2. The van der Waals surface area contributed by atoms with Crippen LogP contribution in [0.2, 0.25) is 0 Å². The molecule has 5 heteroatoms. The van der Waals surface area contributed by atoms with Crippen LogP contribution in [0.15, 0.2) is 30.9 Å². The van der Waals surface area contributed by atoms with Gasteiger partial charge in [-0.25, -0.2) is 0 Å². The summed E-state index contributed by atoms with van der Waals surface area (Å²) < 4.78 is 0.